The highest BCUT2D eigenvalue weighted by molar-refractivity contribution is 5.94. The van der Waals surface area contributed by atoms with Gasteiger partial charge in [-0.3, -0.25) is 19.2 Å². The molecule has 4 rings (SSSR count). The third-order valence-electron chi connectivity index (χ3n) is 8.23. The quantitative estimate of drug-likeness (QED) is 0.385. The van der Waals surface area contributed by atoms with Gasteiger partial charge in [0.15, 0.2) is 0 Å². The molecule has 3 fully saturated rings. The first-order valence-electron chi connectivity index (χ1n) is 14.6. The molecule has 1 spiro atoms. The summed E-state index contributed by atoms with van der Waals surface area (Å²) in [6.07, 6.45) is 2.97. The molecule has 3 saturated heterocycles. The summed E-state index contributed by atoms with van der Waals surface area (Å²) in [5, 5.41) is 12.4. The van der Waals surface area contributed by atoms with E-state index in [1.165, 1.54) is 24.3 Å². The number of carbonyl (C=O) groups is 4. The minimum absolute atomic E-state index is 0.00283. The molecule has 4 N–H and O–H groups in total. The van der Waals surface area contributed by atoms with Crippen LogP contribution in [-0.2, 0) is 23.9 Å². The molecule has 3 heterocycles. The van der Waals surface area contributed by atoms with Crippen LogP contribution in [0.1, 0.15) is 48.9 Å². The molecule has 226 valence electrons. The van der Waals surface area contributed by atoms with Crippen molar-refractivity contribution < 1.29 is 33.0 Å². The fourth-order valence-corrected chi connectivity index (χ4v) is 5.90. The number of halogens is 1. The van der Waals surface area contributed by atoms with Crippen molar-refractivity contribution in [1.82, 2.24) is 26.2 Å². The highest BCUT2D eigenvalue weighted by Crippen LogP contribution is 2.28. The van der Waals surface area contributed by atoms with Crippen LogP contribution in [0.3, 0.4) is 0 Å². The van der Waals surface area contributed by atoms with Crippen molar-refractivity contribution in [3.05, 3.63) is 35.6 Å². The number of piperidine rings is 2. The Hall–Kier alpha value is -3.09. The van der Waals surface area contributed by atoms with Crippen LogP contribution in [0.2, 0.25) is 0 Å². The molecule has 4 amide bonds. The molecule has 1 aromatic rings. The number of benzene rings is 1. The van der Waals surface area contributed by atoms with E-state index in [4.69, 9.17) is 9.47 Å². The topological polar surface area (TPSA) is 138 Å². The lowest BCUT2D eigenvalue weighted by Crippen LogP contribution is -2.58. The second kappa shape index (κ2) is 15.2. The average Bonchev–Trinajstić information content (AvgIpc) is 2.95. The number of fused-ring (bicyclic) bond motifs is 1. The number of nitrogens with one attached hydrogen (secondary N) is 4. The normalized spacial score (nSPS) is 25.8. The molecule has 0 aromatic heterocycles. The number of ether oxygens (including phenoxy) is 2. The van der Waals surface area contributed by atoms with Crippen LogP contribution >= 0.6 is 0 Å². The van der Waals surface area contributed by atoms with Crippen LogP contribution in [0.4, 0.5) is 4.39 Å². The van der Waals surface area contributed by atoms with Gasteiger partial charge in [0.05, 0.1) is 25.4 Å². The minimum atomic E-state index is -0.825. The lowest BCUT2D eigenvalue weighted by atomic mass is 9.81. The van der Waals surface area contributed by atoms with Gasteiger partial charge in [0.25, 0.3) is 5.91 Å². The molecule has 12 heteroatoms. The summed E-state index contributed by atoms with van der Waals surface area (Å²) in [6, 6.07) is 5.42. The maximum atomic E-state index is 13.3. The van der Waals surface area contributed by atoms with E-state index in [0.29, 0.717) is 57.6 Å². The molecule has 1 aromatic carbocycles. The van der Waals surface area contributed by atoms with E-state index >= 15 is 0 Å². The molecule has 0 radical (unpaired) electrons. The van der Waals surface area contributed by atoms with Crippen LogP contribution in [0.25, 0.3) is 0 Å². The van der Waals surface area contributed by atoms with Gasteiger partial charge < -0.3 is 35.6 Å². The van der Waals surface area contributed by atoms with Gasteiger partial charge in [0, 0.05) is 44.6 Å². The zero-order valence-corrected chi connectivity index (χ0v) is 23.6. The molecule has 41 heavy (non-hydrogen) atoms. The van der Waals surface area contributed by atoms with Crippen LogP contribution in [0.5, 0.6) is 0 Å². The van der Waals surface area contributed by atoms with E-state index in [9.17, 15) is 23.6 Å². The predicted molar refractivity (Wildman–Crippen MR) is 148 cm³/mol. The Morgan fingerprint density at radius 3 is 2.34 bits per heavy atom. The van der Waals surface area contributed by atoms with Crippen molar-refractivity contribution in [2.24, 2.45) is 11.8 Å². The molecule has 11 nitrogen and oxygen atoms in total. The molecule has 2 atom stereocenters. The molecule has 0 unspecified atom stereocenters. The number of likely N-dealkylation sites (tertiary alicyclic amines) is 1. The number of amides is 4. The summed E-state index contributed by atoms with van der Waals surface area (Å²) in [4.78, 5) is 53.0. The van der Waals surface area contributed by atoms with E-state index in [1.807, 2.05) is 0 Å². The maximum absolute atomic E-state index is 13.3. The van der Waals surface area contributed by atoms with E-state index in [2.05, 4.69) is 21.3 Å². The monoisotopic (exact) mass is 575 g/mol. The molecule has 0 saturated carbocycles. The van der Waals surface area contributed by atoms with Gasteiger partial charge in [-0.05, 0) is 74.9 Å². The Morgan fingerprint density at radius 1 is 0.854 bits per heavy atom. The van der Waals surface area contributed by atoms with Crippen molar-refractivity contribution in [3.8, 4) is 0 Å². The van der Waals surface area contributed by atoms with Gasteiger partial charge >= 0.3 is 0 Å². The van der Waals surface area contributed by atoms with Crippen molar-refractivity contribution in [2.75, 3.05) is 65.7 Å². The van der Waals surface area contributed by atoms with Gasteiger partial charge in [0.2, 0.25) is 17.7 Å². The van der Waals surface area contributed by atoms with Gasteiger partial charge in [-0.1, -0.05) is 0 Å². The first-order chi connectivity index (χ1) is 19.8. The first kappa shape index (κ1) is 30.9. The zero-order chi connectivity index (χ0) is 29.1. The summed E-state index contributed by atoms with van der Waals surface area (Å²) >= 11 is 0. The maximum Gasteiger partial charge on any atom is 0.253 e. The van der Waals surface area contributed by atoms with Gasteiger partial charge in [-0.15, -0.1) is 0 Å². The van der Waals surface area contributed by atoms with Crippen LogP contribution < -0.4 is 21.3 Å². The first-order valence-corrected chi connectivity index (χ1v) is 14.6. The molecule has 0 aliphatic carbocycles. The smallest absolute Gasteiger partial charge is 0.253 e. The number of nitrogens with zero attached hydrogens (tertiary/aromatic N) is 1. The number of hydrogen-bond donors (Lipinski definition) is 4. The van der Waals surface area contributed by atoms with Crippen LogP contribution in [-0.4, -0.2) is 99.8 Å². The fraction of sp³-hybridized carbons (Fsp3) is 0.655. The molecule has 0 bridgehead atoms. The molecule has 3 aliphatic heterocycles. The Bertz CT molecular complexity index is 1050. The van der Waals surface area contributed by atoms with Gasteiger partial charge in [0.1, 0.15) is 12.4 Å². The standard InChI is InChI=1S/C29H42FN5O6/c30-24-3-1-21(2-4-24)28(39)35-12-7-29(8-13-35)18-26(37)32-10-6-23-19-31-9-5-22(23)17-25(36)33-11-14-40-15-16-41-20-27(38)34-29/h1-4,22-23,31H,5-20H2,(H,32,37)(H,33,36)(H,34,38)/t22-,23-/m0/s1. The summed E-state index contributed by atoms with van der Waals surface area (Å²) in [7, 11) is 0. The van der Waals surface area contributed by atoms with Gasteiger partial charge in [-0.2, -0.15) is 0 Å². The van der Waals surface area contributed by atoms with E-state index in [-0.39, 0.29) is 61.7 Å². The van der Waals surface area contributed by atoms with Crippen LogP contribution in [0.15, 0.2) is 24.3 Å². The minimum Gasteiger partial charge on any atom is -0.377 e. The molecule has 3 aliphatic rings. The number of carbonyl (C=O) groups excluding carboxylic acids is 4. The van der Waals surface area contributed by atoms with Crippen molar-refractivity contribution in [1.29, 1.82) is 0 Å². The second-order valence-electron chi connectivity index (χ2n) is 11.2. The fourth-order valence-electron chi connectivity index (χ4n) is 5.90. The average molecular weight is 576 g/mol. The predicted octanol–water partition coefficient (Wildman–Crippen LogP) is 0.592. The van der Waals surface area contributed by atoms with Crippen molar-refractivity contribution >= 4 is 23.6 Å². The Labute approximate surface area is 240 Å². The summed E-state index contributed by atoms with van der Waals surface area (Å²) in [6.45, 7) is 3.91. The highest BCUT2D eigenvalue weighted by Gasteiger charge is 2.39. The highest BCUT2D eigenvalue weighted by atomic mass is 19.1. The lowest BCUT2D eigenvalue weighted by molar-refractivity contribution is -0.130. The largest absolute Gasteiger partial charge is 0.377 e. The lowest BCUT2D eigenvalue weighted by Gasteiger charge is -2.42. The summed E-state index contributed by atoms with van der Waals surface area (Å²) in [5.74, 6) is -0.631. The second-order valence-corrected chi connectivity index (χ2v) is 11.2. The Kier molecular flexibility index (Phi) is 11.5. The third kappa shape index (κ3) is 9.47. The van der Waals surface area contributed by atoms with E-state index in [1.54, 1.807) is 4.90 Å². The molecular formula is C29H42FN5O6. The van der Waals surface area contributed by atoms with Crippen molar-refractivity contribution in [3.63, 3.8) is 0 Å². The van der Waals surface area contributed by atoms with Gasteiger partial charge in [-0.25, -0.2) is 4.39 Å². The Balaban J connectivity index is 1.39. The summed E-state index contributed by atoms with van der Waals surface area (Å²) in [5.41, 5.74) is -0.432. The van der Waals surface area contributed by atoms with Crippen molar-refractivity contribution in [2.45, 2.75) is 44.1 Å². The number of rotatable bonds is 1. The zero-order valence-electron chi connectivity index (χ0n) is 23.6. The SMILES string of the molecule is O=C1C[C@@H]2CCNC[C@@H]2CCNC(=O)CC2(CCN(C(=O)c3ccc(F)cc3)CC2)NC(=O)COCCOCCN1. The number of hydrogen-bond acceptors (Lipinski definition) is 7. The van der Waals surface area contributed by atoms with Crippen LogP contribution in [0, 0.1) is 17.7 Å². The third-order valence-corrected chi connectivity index (χ3v) is 8.23. The summed E-state index contributed by atoms with van der Waals surface area (Å²) < 4.78 is 24.3. The Morgan fingerprint density at radius 2 is 1.56 bits per heavy atom. The molecular weight excluding hydrogens is 533 g/mol. The van der Waals surface area contributed by atoms with E-state index in [0.717, 1.165) is 25.9 Å². The van der Waals surface area contributed by atoms with E-state index < -0.39 is 11.4 Å².